The van der Waals surface area contributed by atoms with Crippen LogP contribution in [0.4, 0.5) is 0 Å². The summed E-state index contributed by atoms with van der Waals surface area (Å²) in [4.78, 5) is 42.0. The van der Waals surface area contributed by atoms with Gasteiger partial charge in [-0.3, -0.25) is 19.3 Å². The molecule has 5 atom stereocenters. The number of likely N-dealkylation sites (tertiary alicyclic amines) is 1. The molecule has 1 aliphatic heterocycles. The lowest BCUT2D eigenvalue weighted by Crippen LogP contribution is -2.51. The Balaban J connectivity index is 1.93. The first-order valence-corrected chi connectivity index (χ1v) is 16.1. The molecular formula is C30H43NO5Si. The predicted molar refractivity (Wildman–Crippen MR) is 146 cm³/mol. The molecule has 0 bridgehead atoms. The number of carbonyl (C=O) groups is 3. The van der Waals surface area contributed by atoms with Crippen LogP contribution < -0.4 is 0 Å². The standard InChI is InChI=1S/C30H43NO5Si/c1-9-35-30(34)27-24-21(15-16-22(24)36-37(17(2)3,18(4)5)19(6)7)23(20-13-11-10-12-14-20)25-26(27)29(33)31(8)28(25)32/h10-14,17-19,22-23,25-27H,9,15-16H2,1-8H3/t22-,23-,25-,26-,27+/m1/s1. The first-order chi connectivity index (χ1) is 17.5. The van der Waals surface area contributed by atoms with Gasteiger partial charge >= 0.3 is 5.97 Å². The maximum Gasteiger partial charge on any atom is 0.314 e. The van der Waals surface area contributed by atoms with Crippen molar-refractivity contribution in [1.29, 1.82) is 0 Å². The van der Waals surface area contributed by atoms with Gasteiger partial charge in [-0.25, -0.2) is 0 Å². The van der Waals surface area contributed by atoms with E-state index >= 15 is 0 Å². The molecule has 1 aromatic rings. The summed E-state index contributed by atoms with van der Waals surface area (Å²) in [5.41, 5.74) is 4.21. The molecule has 0 aromatic heterocycles. The van der Waals surface area contributed by atoms with Gasteiger partial charge < -0.3 is 9.16 Å². The number of esters is 1. The van der Waals surface area contributed by atoms with Crippen LogP contribution in [-0.2, 0) is 23.5 Å². The molecule has 0 radical (unpaired) electrons. The molecule has 0 unspecified atom stereocenters. The second-order valence-corrected chi connectivity index (χ2v) is 17.3. The summed E-state index contributed by atoms with van der Waals surface area (Å²) in [6, 6.07) is 9.99. The monoisotopic (exact) mass is 525 g/mol. The largest absolute Gasteiger partial charge is 0.466 e. The quantitative estimate of drug-likeness (QED) is 0.184. The highest BCUT2D eigenvalue weighted by molar-refractivity contribution is 6.77. The van der Waals surface area contributed by atoms with Crippen LogP contribution in [0.1, 0.15) is 72.8 Å². The summed E-state index contributed by atoms with van der Waals surface area (Å²) in [7, 11) is -0.737. The minimum Gasteiger partial charge on any atom is -0.466 e. The Morgan fingerprint density at radius 3 is 2.08 bits per heavy atom. The molecule has 7 heteroatoms. The number of benzene rings is 1. The number of hydrogen-bond donors (Lipinski definition) is 0. The minimum atomic E-state index is -2.28. The average Bonchev–Trinajstić information content (AvgIpc) is 3.35. The van der Waals surface area contributed by atoms with Gasteiger partial charge in [-0.2, -0.15) is 0 Å². The van der Waals surface area contributed by atoms with Gasteiger partial charge in [0.25, 0.3) is 0 Å². The predicted octanol–water partition coefficient (Wildman–Crippen LogP) is 5.85. The maximum atomic E-state index is 13.6. The minimum absolute atomic E-state index is 0.204. The highest BCUT2D eigenvalue weighted by atomic mass is 28.4. The van der Waals surface area contributed by atoms with Gasteiger partial charge in [0.15, 0.2) is 0 Å². The van der Waals surface area contributed by atoms with Crippen molar-refractivity contribution in [2.45, 2.75) is 90.0 Å². The van der Waals surface area contributed by atoms with Gasteiger partial charge in [0.05, 0.1) is 30.5 Å². The molecule has 1 aromatic carbocycles. The summed E-state index contributed by atoms with van der Waals surface area (Å²) in [6.07, 6.45) is 1.27. The van der Waals surface area contributed by atoms with E-state index in [0.717, 1.165) is 29.6 Å². The van der Waals surface area contributed by atoms with E-state index in [9.17, 15) is 14.4 Å². The van der Waals surface area contributed by atoms with E-state index in [1.54, 1.807) is 14.0 Å². The summed E-state index contributed by atoms with van der Waals surface area (Å²) in [6.45, 7) is 15.6. The molecule has 6 nitrogen and oxygen atoms in total. The van der Waals surface area contributed by atoms with Crippen LogP contribution in [0.5, 0.6) is 0 Å². The fourth-order valence-corrected chi connectivity index (χ4v) is 13.4. The number of amides is 2. The molecule has 1 fully saturated rings. The second kappa shape index (κ2) is 10.5. The van der Waals surface area contributed by atoms with E-state index in [4.69, 9.17) is 9.16 Å². The molecule has 0 saturated carbocycles. The van der Waals surface area contributed by atoms with E-state index in [1.807, 2.05) is 30.3 Å². The summed E-state index contributed by atoms with van der Waals surface area (Å²) < 4.78 is 12.9. The number of rotatable bonds is 8. The average molecular weight is 526 g/mol. The smallest absolute Gasteiger partial charge is 0.314 e. The van der Waals surface area contributed by atoms with Crippen molar-refractivity contribution in [1.82, 2.24) is 4.90 Å². The third-order valence-electron chi connectivity index (χ3n) is 9.19. The number of ether oxygens (including phenoxy) is 1. The van der Waals surface area contributed by atoms with Crippen molar-refractivity contribution in [3.63, 3.8) is 0 Å². The SMILES string of the molecule is CCOC(=O)[C@H]1C2=C(CC[C@H]2O[Si](C(C)C)(C(C)C)C(C)C)[C@@H](c2ccccc2)[C@H]2C(=O)N(C)C(=O)[C@@H]12. The summed E-state index contributed by atoms with van der Waals surface area (Å²) in [5.74, 6) is -3.29. The number of fused-ring (bicyclic) bond motifs is 1. The van der Waals surface area contributed by atoms with Gasteiger partial charge in [-0.05, 0) is 47.5 Å². The Morgan fingerprint density at radius 1 is 0.973 bits per heavy atom. The number of nitrogens with zero attached hydrogens (tertiary/aromatic N) is 1. The molecular weight excluding hydrogens is 482 g/mol. The van der Waals surface area contributed by atoms with Crippen LogP contribution in [0.25, 0.3) is 0 Å². The molecule has 0 N–H and O–H groups in total. The van der Waals surface area contributed by atoms with Gasteiger partial charge in [0.2, 0.25) is 20.1 Å². The third-order valence-corrected chi connectivity index (χ3v) is 15.3. The molecule has 4 rings (SSSR count). The Kier molecular flexibility index (Phi) is 7.87. The van der Waals surface area contributed by atoms with E-state index in [0.29, 0.717) is 16.6 Å². The number of imide groups is 1. The topological polar surface area (TPSA) is 72.9 Å². The lowest BCUT2D eigenvalue weighted by atomic mass is 9.63. The van der Waals surface area contributed by atoms with Gasteiger partial charge in [-0.1, -0.05) is 77.4 Å². The first-order valence-electron chi connectivity index (χ1n) is 13.9. The Labute approximate surface area is 222 Å². The molecule has 202 valence electrons. The van der Waals surface area contributed by atoms with E-state index in [-0.39, 0.29) is 30.4 Å². The zero-order valence-electron chi connectivity index (χ0n) is 23.6. The van der Waals surface area contributed by atoms with E-state index in [1.165, 1.54) is 4.90 Å². The normalized spacial score (nSPS) is 28.0. The fourth-order valence-electron chi connectivity index (χ4n) is 7.85. The fraction of sp³-hybridized carbons (Fsp3) is 0.633. The number of hydrogen-bond acceptors (Lipinski definition) is 5. The van der Waals surface area contributed by atoms with Crippen molar-refractivity contribution in [3.05, 3.63) is 47.0 Å². The van der Waals surface area contributed by atoms with Crippen molar-refractivity contribution in [2.24, 2.45) is 17.8 Å². The van der Waals surface area contributed by atoms with Crippen LogP contribution in [-0.4, -0.2) is 50.8 Å². The Hall–Kier alpha value is -2.25. The van der Waals surface area contributed by atoms with Gasteiger partial charge in [-0.15, -0.1) is 0 Å². The molecule has 1 saturated heterocycles. The molecule has 37 heavy (non-hydrogen) atoms. The third kappa shape index (κ3) is 4.32. The van der Waals surface area contributed by atoms with Crippen molar-refractivity contribution in [2.75, 3.05) is 13.7 Å². The zero-order valence-corrected chi connectivity index (χ0v) is 24.6. The van der Waals surface area contributed by atoms with Crippen molar-refractivity contribution >= 4 is 26.1 Å². The Morgan fingerprint density at radius 2 is 1.54 bits per heavy atom. The zero-order chi connectivity index (χ0) is 27.2. The maximum absolute atomic E-state index is 13.6. The lowest BCUT2D eigenvalue weighted by Gasteiger charge is -2.46. The van der Waals surface area contributed by atoms with Gasteiger partial charge in [0.1, 0.15) is 0 Å². The van der Waals surface area contributed by atoms with Gasteiger partial charge in [0, 0.05) is 13.0 Å². The van der Waals surface area contributed by atoms with E-state index < -0.39 is 32.0 Å². The molecule has 3 aliphatic rings. The Bertz CT molecular complexity index is 1060. The first kappa shape index (κ1) is 27.8. The molecule has 1 heterocycles. The highest BCUT2D eigenvalue weighted by Crippen LogP contribution is 2.58. The highest BCUT2D eigenvalue weighted by Gasteiger charge is 2.62. The summed E-state index contributed by atoms with van der Waals surface area (Å²) in [5, 5.41) is 0. The number of carbonyl (C=O) groups excluding carboxylic acids is 3. The molecule has 2 amide bonds. The second-order valence-electron chi connectivity index (χ2n) is 11.8. The van der Waals surface area contributed by atoms with Crippen LogP contribution in [0.3, 0.4) is 0 Å². The van der Waals surface area contributed by atoms with E-state index in [2.05, 4.69) is 41.5 Å². The summed E-state index contributed by atoms with van der Waals surface area (Å²) >= 11 is 0. The molecule has 0 spiro atoms. The van der Waals surface area contributed by atoms with Crippen molar-refractivity contribution < 1.29 is 23.5 Å². The van der Waals surface area contributed by atoms with Crippen LogP contribution in [0.15, 0.2) is 41.5 Å². The lowest BCUT2D eigenvalue weighted by molar-refractivity contribution is -0.152. The van der Waals surface area contributed by atoms with Crippen LogP contribution in [0.2, 0.25) is 16.6 Å². The number of allylic oxidation sites excluding steroid dienone is 1. The van der Waals surface area contributed by atoms with Crippen LogP contribution >= 0.6 is 0 Å². The van der Waals surface area contributed by atoms with Crippen LogP contribution in [0, 0.1) is 17.8 Å². The molecule has 2 aliphatic carbocycles. The van der Waals surface area contributed by atoms with Crippen molar-refractivity contribution in [3.8, 4) is 0 Å².